The zero-order valence-corrected chi connectivity index (χ0v) is 18.2. The monoisotopic (exact) mass is 478 g/mol. The molecule has 2 N–H and O–H groups in total. The van der Waals surface area contributed by atoms with Crippen LogP contribution in [-0.2, 0) is 11.3 Å². The molecule has 0 spiro atoms. The number of ether oxygens (including phenoxy) is 1. The summed E-state index contributed by atoms with van der Waals surface area (Å²) in [6, 6.07) is 7.06. The summed E-state index contributed by atoms with van der Waals surface area (Å²) in [6.45, 7) is 7.86. The van der Waals surface area contributed by atoms with Crippen molar-refractivity contribution < 1.29 is 9.13 Å². The van der Waals surface area contributed by atoms with Gasteiger partial charge in [-0.25, -0.2) is 4.39 Å². The zero-order valence-electron chi connectivity index (χ0n) is 15.8. The van der Waals surface area contributed by atoms with Crippen molar-refractivity contribution in [2.45, 2.75) is 26.3 Å². The van der Waals surface area contributed by atoms with Crippen LogP contribution in [0.25, 0.3) is 0 Å². The van der Waals surface area contributed by atoms with Gasteiger partial charge in [-0.3, -0.25) is 9.89 Å². The van der Waals surface area contributed by atoms with Gasteiger partial charge in [0.15, 0.2) is 5.96 Å². The molecule has 1 aromatic rings. The van der Waals surface area contributed by atoms with Crippen LogP contribution in [-0.4, -0.2) is 57.3 Å². The van der Waals surface area contributed by atoms with Gasteiger partial charge in [-0.2, -0.15) is 0 Å². The number of piperidine rings is 1. The molecule has 26 heavy (non-hydrogen) atoms. The molecule has 1 aliphatic rings. The zero-order chi connectivity index (χ0) is 17.9. The van der Waals surface area contributed by atoms with Crippen LogP contribution < -0.4 is 10.6 Å². The third-order valence-corrected chi connectivity index (χ3v) is 4.51. The van der Waals surface area contributed by atoms with Crippen molar-refractivity contribution >= 4 is 29.9 Å². The van der Waals surface area contributed by atoms with E-state index in [-0.39, 0.29) is 29.8 Å². The molecule has 1 fully saturated rings. The first-order valence-electron chi connectivity index (χ1n) is 9.19. The van der Waals surface area contributed by atoms with Crippen LogP contribution in [0.3, 0.4) is 0 Å². The topological polar surface area (TPSA) is 48.9 Å². The Balaban J connectivity index is 0.00000338. The van der Waals surface area contributed by atoms with Crippen LogP contribution in [0.5, 0.6) is 0 Å². The molecule has 0 atom stereocenters. The maximum Gasteiger partial charge on any atom is 0.191 e. The Hall–Kier alpha value is -0.930. The Kier molecular flexibility index (Phi) is 11.8. The van der Waals surface area contributed by atoms with Crippen molar-refractivity contribution in [2.24, 2.45) is 10.9 Å². The highest BCUT2D eigenvalue weighted by Crippen LogP contribution is 2.20. The molecule has 0 radical (unpaired) electrons. The van der Waals surface area contributed by atoms with Gasteiger partial charge in [-0.1, -0.05) is 18.2 Å². The number of benzene rings is 1. The summed E-state index contributed by atoms with van der Waals surface area (Å²) in [6.07, 6.45) is 2.21. The standard InChI is InChI=1S/C19H31FN4O.HI/c1-3-21-19(22-10-13-25-2)23-14-16-8-11-24(12-9-16)15-17-6-4-5-7-18(17)20;/h4-7,16H,3,8-15H2,1-2H3,(H2,21,22,23);1H. The Bertz CT molecular complexity index is 536. The van der Waals surface area contributed by atoms with Crippen LogP contribution >= 0.6 is 24.0 Å². The first kappa shape index (κ1) is 23.1. The molecule has 148 valence electrons. The smallest absolute Gasteiger partial charge is 0.191 e. The van der Waals surface area contributed by atoms with E-state index in [0.29, 0.717) is 19.1 Å². The van der Waals surface area contributed by atoms with E-state index in [1.54, 1.807) is 13.2 Å². The molecule has 0 unspecified atom stereocenters. The lowest BCUT2D eigenvalue weighted by Crippen LogP contribution is -2.40. The van der Waals surface area contributed by atoms with Crippen molar-refractivity contribution in [1.29, 1.82) is 0 Å². The molecular formula is C19H32FIN4O. The first-order valence-corrected chi connectivity index (χ1v) is 9.19. The van der Waals surface area contributed by atoms with Crippen LogP contribution in [0.1, 0.15) is 25.3 Å². The number of guanidine groups is 1. The minimum absolute atomic E-state index is 0. The van der Waals surface area contributed by atoms with E-state index in [9.17, 15) is 4.39 Å². The van der Waals surface area contributed by atoms with Crippen LogP contribution in [0, 0.1) is 11.7 Å². The van der Waals surface area contributed by atoms with Gasteiger partial charge >= 0.3 is 0 Å². The highest BCUT2D eigenvalue weighted by atomic mass is 127. The molecule has 0 aromatic heterocycles. The number of aliphatic imine (C=N–C) groups is 1. The van der Waals surface area contributed by atoms with Crippen molar-refractivity contribution in [3.63, 3.8) is 0 Å². The fraction of sp³-hybridized carbons (Fsp3) is 0.632. The third kappa shape index (κ3) is 8.18. The fourth-order valence-corrected chi connectivity index (χ4v) is 3.03. The van der Waals surface area contributed by atoms with Gasteiger partial charge < -0.3 is 15.4 Å². The normalized spacial score (nSPS) is 16.2. The predicted molar refractivity (Wildman–Crippen MR) is 116 cm³/mol. The number of rotatable bonds is 8. The summed E-state index contributed by atoms with van der Waals surface area (Å²) in [5, 5.41) is 6.53. The lowest BCUT2D eigenvalue weighted by molar-refractivity contribution is 0.179. The van der Waals surface area contributed by atoms with Gasteiger partial charge in [0.25, 0.3) is 0 Å². The molecule has 1 aliphatic heterocycles. The maximum atomic E-state index is 13.8. The van der Waals surface area contributed by atoms with Gasteiger partial charge in [-0.05, 0) is 44.8 Å². The van der Waals surface area contributed by atoms with Gasteiger partial charge in [0.2, 0.25) is 0 Å². The Morgan fingerprint density at radius 1 is 1.27 bits per heavy atom. The largest absolute Gasteiger partial charge is 0.383 e. The molecule has 0 amide bonds. The van der Waals surface area contributed by atoms with Gasteiger partial charge in [0.05, 0.1) is 6.61 Å². The van der Waals surface area contributed by atoms with E-state index in [1.807, 2.05) is 12.1 Å². The molecule has 1 aromatic carbocycles. The highest BCUT2D eigenvalue weighted by molar-refractivity contribution is 14.0. The second-order valence-corrected chi connectivity index (χ2v) is 6.45. The lowest BCUT2D eigenvalue weighted by atomic mass is 9.96. The summed E-state index contributed by atoms with van der Waals surface area (Å²) < 4.78 is 18.8. The number of methoxy groups -OCH3 is 1. The van der Waals surface area contributed by atoms with Crippen molar-refractivity contribution in [3.05, 3.63) is 35.6 Å². The molecule has 0 aliphatic carbocycles. The van der Waals surface area contributed by atoms with Crippen LogP contribution in [0.4, 0.5) is 4.39 Å². The summed E-state index contributed by atoms with van der Waals surface area (Å²) in [7, 11) is 1.70. The number of hydrogen-bond donors (Lipinski definition) is 2. The van der Waals surface area contributed by atoms with E-state index in [4.69, 9.17) is 9.73 Å². The quantitative estimate of drug-likeness (QED) is 0.261. The lowest BCUT2D eigenvalue weighted by Gasteiger charge is -2.31. The average molecular weight is 478 g/mol. The summed E-state index contributed by atoms with van der Waals surface area (Å²) in [5.41, 5.74) is 0.788. The van der Waals surface area contributed by atoms with Crippen molar-refractivity contribution in [2.75, 3.05) is 46.4 Å². The maximum absolute atomic E-state index is 13.8. The van der Waals surface area contributed by atoms with Crippen LogP contribution in [0.15, 0.2) is 29.3 Å². The van der Waals surface area contributed by atoms with Crippen molar-refractivity contribution in [3.8, 4) is 0 Å². The molecule has 1 heterocycles. The van der Waals surface area contributed by atoms with E-state index < -0.39 is 0 Å². The molecular weight excluding hydrogens is 446 g/mol. The number of likely N-dealkylation sites (tertiary alicyclic amines) is 1. The predicted octanol–water partition coefficient (Wildman–Crippen LogP) is 2.86. The summed E-state index contributed by atoms with van der Waals surface area (Å²) >= 11 is 0. The minimum Gasteiger partial charge on any atom is -0.383 e. The van der Waals surface area contributed by atoms with E-state index in [0.717, 1.165) is 57.1 Å². The van der Waals surface area contributed by atoms with E-state index >= 15 is 0 Å². The third-order valence-electron chi connectivity index (χ3n) is 4.51. The second kappa shape index (κ2) is 13.3. The Morgan fingerprint density at radius 3 is 2.65 bits per heavy atom. The number of halogens is 2. The molecule has 0 saturated carbocycles. The van der Waals surface area contributed by atoms with E-state index in [1.165, 1.54) is 6.07 Å². The molecule has 0 bridgehead atoms. The summed E-state index contributed by atoms with van der Waals surface area (Å²) in [4.78, 5) is 7.03. The first-order chi connectivity index (χ1) is 12.2. The minimum atomic E-state index is -0.105. The average Bonchev–Trinajstić information content (AvgIpc) is 2.63. The van der Waals surface area contributed by atoms with Gasteiger partial charge in [-0.15, -0.1) is 24.0 Å². The Morgan fingerprint density at radius 2 is 2.00 bits per heavy atom. The molecule has 5 nitrogen and oxygen atoms in total. The SMILES string of the molecule is CCNC(=NCC1CCN(Cc2ccccc2F)CC1)NCCOC.I. The van der Waals surface area contributed by atoms with E-state index in [2.05, 4.69) is 22.5 Å². The van der Waals surface area contributed by atoms with Gasteiger partial charge in [0, 0.05) is 38.9 Å². The molecule has 2 rings (SSSR count). The number of nitrogens with one attached hydrogen (secondary N) is 2. The number of nitrogens with zero attached hydrogens (tertiary/aromatic N) is 2. The Labute approximate surface area is 173 Å². The fourth-order valence-electron chi connectivity index (χ4n) is 3.03. The second-order valence-electron chi connectivity index (χ2n) is 6.45. The van der Waals surface area contributed by atoms with Crippen molar-refractivity contribution in [1.82, 2.24) is 15.5 Å². The highest BCUT2D eigenvalue weighted by Gasteiger charge is 2.19. The molecule has 1 saturated heterocycles. The van der Waals surface area contributed by atoms with Gasteiger partial charge in [0.1, 0.15) is 5.82 Å². The summed E-state index contributed by atoms with van der Waals surface area (Å²) in [5.74, 6) is 1.34. The molecule has 7 heteroatoms. The number of hydrogen-bond acceptors (Lipinski definition) is 3. The van der Waals surface area contributed by atoms with Crippen LogP contribution in [0.2, 0.25) is 0 Å².